The third kappa shape index (κ3) is 2.76. The van der Waals surface area contributed by atoms with Gasteiger partial charge in [0.15, 0.2) is 5.82 Å². The number of furan rings is 1. The van der Waals surface area contributed by atoms with Gasteiger partial charge in [0.2, 0.25) is 0 Å². The van der Waals surface area contributed by atoms with E-state index in [1.807, 2.05) is 23.7 Å². The molecule has 18 heavy (non-hydrogen) atoms. The SMILES string of the molecule is Cc1ccc([C@H](C)NCc2nnnn2C(C)C)o1. The average molecular weight is 249 g/mol. The van der Waals surface area contributed by atoms with Crippen LogP contribution in [0.25, 0.3) is 0 Å². The lowest BCUT2D eigenvalue weighted by atomic mass is 10.2. The number of rotatable bonds is 5. The number of nitrogens with zero attached hydrogens (tertiary/aromatic N) is 4. The molecule has 0 radical (unpaired) electrons. The van der Waals surface area contributed by atoms with Crippen LogP contribution in [0, 0.1) is 6.92 Å². The van der Waals surface area contributed by atoms with Crippen LogP contribution in [0.3, 0.4) is 0 Å². The zero-order valence-corrected chi connectivity index (χ0v) is 11.2. The van der Waals surface area contributed by atoms with Crippen LogP contribution in [0.15, 0.2) is 16.5 Å². The Hall–Kier alpha value is -1.69. The summed E-state index contributed by atoms with van der Waals surface area (Å²) < 4.78 is 7.38. The lowest BCUT2D eigenvalue weighted by Gasteiger charge is -2.12. The summed E-state index contributed by atoms with van der Waals surface area (Å²) in [6.45, 7) is 8.72. The number of aromatic nitrogens is 4. The molecule has 0 aliphatic rings. The lowest BCUT2D eigenvalue weighted by molar-refractivity contribution is 0.404. The Labute approximate surface area is 106 Å². The zero-order chi connectivity index (χ0) is 13.1. The zero-order valence-electron chi connectivity index (χ0n) is 11.2. The number of hydrogen-bond acceptors (Lipinski definition) is 5. The molecule has 1 atom stereocenters. The van der Waals surface area contributed by atoms with E-state index in [1.165, 1.54) is 0 Å². The molecule has 0 unspecified atom stereocenters. The van der Waals surface area contributed by atoms with Crippen molar-refractivity contribution in [1.29, 1.82) is 0 Å². The average Bonchev–Trinajstić information content (AvgIpc) is 2.94. The van der Waals surface area contributed by atoms with E-state index in [-0.39, 0.29) is 12.1 Å². The van der Waals surface area contributed by atoms with Crippen LogP contribution in [0.1, 0.15) is 50.2 Å². The fraction of sp³-hybridized carbons (Fsp3) is 0.583. The minimum atomic E-state index is 0.135. The van der Waals surface area contributed by atoms with Gasteiger partial charge in [-0.3, -0.25) is 0 Å². The van der Waals surface area contributed by atoms with Gasteiger partial charge >= 0.3 is 0 Å². The molecule has 1 N–H and O–H groups in total. The van der Waals surface area contributed by atoms with Gasteiger partial charge in [-0.25, -0.2) is 4.68 Å². The fourth-order valence-electron chi connectivity index (χ4n) is 1.76. The number of nitrogens with one attached hydrogen (secondary N) is 1. The molecule has 2 aromatic rings. The van der Waals surface area contributed by atoms with Crippen LogP contribution in [0.4, 0.5) is 0 Å². The van der Waals surface area contributed by atoms with Crippen LogP contribution in [-0.4, -0.2) is 20.2 Å². The Bertz CT molecular complexity index is 502. The first-order valence-corrected chi connectivity index (χ1v) is 6.14. The first kappa shape index (κ1) is 12.8. The fourth-order valence-corrected chi connectivity index (χ4v) is 1.76. The Morgan fingerprint density at radius 3 is 2.72 bits per heavy atom. The van der Waals surface area contributed by atoms with Gasteiger partial charge in [0.05, 0.1) is 18.6 Å². The van der Waals surface area contributed by atoms with Crippen molar-refractivity contribution in [3.05, 3.63) is 29.5 Å². The van der Waals surface area contributed by atoms with Gasteiger partial charge in [-0.15, -0.1) is 5.10 Å². The molecule has 0 amide bonds. The summed E-state index contributed by atoms with van der Waals surface area (Å²) in [4.78, 5) is 0. The third-order valence-corrected chi connectivity index (χ3v) is 2.80. The highest BCUT2D eigenvalue weighted by Crippen LogP contribution is 2.16. The van der Waals surface area contributed by atoms with Crippen molar-refractivity contribution in [2.75, 3.05) is 0 Å². The molecular weight excluding hydrogens is 230 g/mol. The largest absolute Gasteiger partial charge is 0.465 e. The first-order valence-electron chi connectivity index (χ1n) is 6.14. The summed E-state index contributed by atoms with van der Waals surface area (Å²) in [7, 11) is 0. The van der Waals surface area contributed by atoms with Gasteiger partial charge < -0.3 is 9.73 Å². The number of hydrogen-bond donors (Lipinski definition) is 1. The molecule has 2 heterocycles. The molecule has 98 valence electrons. The Kier molecular flexibility index (Phi) is 3.76. The monoisotopic (exact) mass is 249 g/mol. The van der Waals surface area contributed by atoms with Gasteiger partial charge in [-0.05, 0) is 50.3 Å². The standard InChI is InChI=1S/C12H19N5O/c1-8(2)17-12(14-15-16-17)7-13-10(4)11-6-5-9(3)18-11/h5-6,8,10,13H,7H2,1-4H3/t10-/m0/s1. The van der Waals surface area contributed by atoms with E-state index in [1.54, 1.807) is 0 Å². The molecule has 0 aliphatic carbocycles. The van der Waals surface area contributed by atoms with Crippen LogP contribution in [0.5, 0.6) is 0 Å². The normalized spacial score (nSPS) is 13.2. The smallest absolute Gasteiger partial charge is 0.165 e. The molecule has 6 heteroatoms. The van der Waals surface area contributed by atoms with Gasteiger partial charge in [0.1, 0.15) is 11.5 Å². The van der Waals surface area contributed by atoms with Crippen LogP contribution >= 0.6 is 0 Å². The maximum absolute atomic E-state index is 5.57. The molecule has 2 aromatic heterocycles. The second-order valence-electron chi connectivity index (χ2n) is 4.68. The molecule has 6 nitrogen and oxygen atoms in total. The summed E-state index contributed by atoms with van der Waals surface area (Å²) in [6, 6.07) is 4.35. The predicted octanol–water partition coefficient (Wildman–Crippen LogP) is 2.01. The second-order valence-corrected chi connectivity index (χ2v) is 4.68. The molecule has 0 aliphatic heterocycles. The van der Waals surface area contributed by atoms with E-state index in [0.29, 0.717) is 6.54 Å². The van der Waals surface area contributed by atoms with Crippen molar-refractivity contribution in [2.45, 2.75) is 46.3 Å². The molecule has 0 saturated carbocycles. The van der Waals surface area contributed by atoms with Gasteiger partial charge in [0.25, 0.3) is 0 Å². The summed E-state index contributed by atoms with van der Waals surface area (Å²) >= 11 is 0. The highest BCUT2D eigenvalue weighted by atomic mass is 16.3. The first-order chi connectivity index (χ1) is 8.58. The van der Waals surface area contributed by atoms with Crippen molar-refractivity contribution < 1.29 is 4.42 Å². The highest BCUT2D eigenvalue weighted by Gasteiger charge is 2.13. The summed E-state index contributed by atoms with van der Waals surface area (Å²) in [5.41, 5.74) is 0. The molecule has 0 fully saturated rings. The number of tetrazole rings is 1. The van der Waals surface area contributed by atoms with Crippen molar-refractivity contribution in [3.8, 4) is 0 Å². The molecule has 2 rings (SSSR count). The van der Waals surface area contributed by atoms with Crippen molar-refractivity contribution >= 4 is 0 Å². The topological polar surface area (TPSA) is 68.8 Å². The molecular formula is C12H19N5O. The van der Waals surface area contributed by atoms with Crippen LogP contribution in [0.2, 0.25) is 0 Å². The molecule has 0 spiro atoms. The van der Waals surface area contributed by atoms with Crippen LogP contribution in [-0.2, 0) is 6.54 Å². The Morgan fingerprint density at radius 2 is 2.11 bits per heavy atom. The quantitative estimate of drug-likeness (QED) is 0.877. The van der Waals surface area contributed by atoms with Crippen molar-refractivity contribution in [3.63, 3.8) is 0 Å². The van der Waals surface area contributed by atoms with E-state index in [0.717, 1.165) is 17.3 Å². The summed E-state index contributed by atoms with van der Waals surface area (Å²) in [5.74, 6) is 2.68. The minimum Gasteiger partial charge on any atom is -0.465 e. The molecule has 0 aromatic carbocycles. The van der Waals surface area contributed by atoms with Crippen LogP contribution < -0.4 is 5.32 Å². The predicted molar refractivity (Wildman–Crippen MR) is 66.9 cm³/mol. The Balaban J connectivity index is 1.97. The van der Waals surface area contributed by atoms with Gasteiger partial charge in [-0.2, -0.15) is 0 Å². The van der Waals surface area contributed by atoms with Crippen molar-refractivity contribution in [2.24, 2.45) is 0 Å². The minimum absolute atomic E-state index is 0.135. The Morgan fingerprint density at radius 1 is 1.33 bits per heavy atom. The number of aryl methyl sites for hydroxylation is 1. The highest BCUT2D eigenvalue weighted by molar-refractivity contribution is 5.08. The van der Waals surface area contributed by atoms with Crippen molar-refractivity contribution in [1.82, 2.24) is 25.5 Å². The van der Waals surface area contributed by atoms with Gasteiger partial charge in [0, 0.05) is 0 Å². The van der Waals surface area contributed by atoms with E-state index >= 15 is 0 Å². The lowest BCUT2D eigenvalue weighted by Crippen LogP contribution is -2.21. The summed E-state index contributed by atoms with van der Waals surface area (Å²) in [5, 5.41) is 15.0. The second kappa shape index (κ2) is 5.30. The molecule has 0 bridgehead atoms. The maximum Gasteiger partial charge on any atom is 0.165 e. The van der Waals surface area contributed by atoms with Gasteiger partial charge in [-0.1, -0.05) is 0 Å². The molecule has 0 saturated heterocycles. The van der Waals surface area contributed by atoms with E-state index in [2.05, 4.69) is 41.6 Å². The van der Waals surface area contributed by atoms with E-state index in [9.17, 15) is 0 Å². The third-order valence-electron chi connectivity index (χ3n) is 2.80. The summed E-state index contributed by atoms with van der Waals surface area (Å²) in [6.07, 6.45) is 0. The van der Waals surface area contributed by atoms with E-state index < -0.39 is 0 Å². The van der Waals surface area contributed by atoms with E-state index in [4.69, 9.17) is 4.42 Å². The maximum atomic E-state index is 5.57.